The Hall–Kier alpha value is -2.71. The smallest absolute Gasteiger partial charge is 0.306 e. The van der Waals surface area contributed by atoms with Gasteiger partial charge in [-0.05, 0) is 30.3 Å². The van der Waals surface area contributed by atoms with Crippen LogP contribution in [0.2, 0.25) is 10.0 Å². The summed E-state index contributed by atoms with van der Waals surface area (Å²) in [5.41, 5.74) is -0.184. The van der Waals surface area contributed by atoms with Gasteiger partial charge in [-0.25, -0.2) is 0 Å². The van der Waals surface area contributed by atoms with Crippen LogP contribution in [0.5, 0.6) is 0 Å². The van der Waals surface area contributed by atoms with E-state index in [1.807, 2.05) is 0 Å². The molecule has 0 aliphatic carbocycles. The number of rotatable bonds is 4. The number of carbonyl (C=O) groups excluding carboxylic acids is 2. The number of amides is 2. The van der Waals surface area contributed by atoms with E-state index in [4.69, 9.17) is 23.2 Å². The van der Waals surface area contributed by atoms with Crippen molar-refractivity contribution in [1.29, 1.82) is 0 Å². The molecule has 0 bridgehead atoms. The van der Waals surface area contributed by atoms with Gasteiger partial charge in [0, 0.05) is 34.8 Å². The van der Waals surface area contributed by atoms with Crippen molar-refractivity contribution in [2.45, 2.75) is 6.42 Å². The van der Waals surface area contributed by atoms with Gasteiger partial charge in [0.2, 0.25) is 17.6 Å². The molecule has 1 N–H and O–H groups in total. The van der Waals surface area contributed by atoms with E-state index in [1.165, 1.54) is 29.2 Å². The van der Waals surface area contributed by atoms with Crippen molar-refractivity contribution >= 4 is 52.1 Å². The average molecular weight is 412 g/mol. The summed E-state index contributed by atoms with van der Waals surface area (Å²) in [5, 5.41) is 14.2. The van der Waals surface area contributed by atoms with E-state index in [0.717, 1.165) is 12.1 Å². The highest BCUT2D eigenvalue weighted by molar-refractivity contribution is 6.35. The number of benzene rings is 2. The molecule has 0 aromatic heterocycles. The molecule has 0 spiro atoms. The molecule has 7 nitrogen and oxygen atoms in total. The Bertz CT molecular complexity index is 934. The highest BCUT2D eigenvalue weighted by Gasteiger charge is 2.36. The number of halogens is 3. The van der Waals surface area contributed by atoms with Crippen LogP contribution in [-0.4, -0.2) is 23.3 Å². The van der Waals surface area contributed by atoms with Crippen molar-refractivity contribution < 1.29 is 18.9 Å². The Morgan fingerprint density at radius 2 is 1.89 bits per heavy atom. The fourth-order valence-electron chi connectivity index (χ4n) is 2.81. The van der Waals surface area contributed by atoms with E-state index in [1.54, 1.807) is 0 Å². The van der Waals surface area contributed by atoms with Crippen molar-refractivity contribution in [1.82, 2.24) is 0 Å². The maximum Gasteiger partial charge on any atom is 0.306 e. The lowest BCUT2D eigenvalue weighted by Crippen LogP contribution is -2.28. The van der Waals surface area contributed by atoms with E-state index in [9.17, 15) is 24.1 Å². The van der Waals surface area contributed by atoms with Gasteiger partial charge in [0.1, 0.15) is 0 Å². The first-order chi connectivity index (χ1) is 12.7. The Morgan fingerprint density at radius 3 is 2.52 bits per heavy atom. The quantitative estimate of drug-likeness (QED) is 0.606. The SMILES string of the molecule is O=C(Nc1cc(Cl)cc(Cl)c1)C1CC(=O)N(c2ccc(F)c([N+](=O)[O-])c2)C1. The first-order valence-electron chi connectivity index (χ1n) is 7.76. The summed E-state index contributed by atoms with van der Waals surface area (Å²) in [6.07, 6.45) is -0.0781. The predicted molar refractivity (Wildman–Crippen MR) is 98.6 cm³/mol. The summed E-state index contributed by atoms with van der Waals surface area (Å²) < 4.78 is 13.5. The third-order valence-electron chi connectivity index (χ3n) is 4.06. The molecule has 27 heavy (non-hydrogen) atoms. The van der Waals surface area contributed by atoms with Gasteiger partial charge in [0.05, 0.1) is 16.5 Å². The van der Waals surface area contributed by atoms with Crippen LogP contribution in [0.4, 0.5) is 21.5 Å². The molecule has 2 aromatic rings. The lowest BCUT2D eigenvalue weighted by Gasteiger charge is -2.16. The molecular formula is C17H12Cl2FN3O4. The summed E-state index contributed by atoms with van der Waals surface area (Å²) in [6.45, 7) is 0.0156. The summed E-state index contributed by atoms with van der Waals surface area (Å²) in [4.78, 5) is 35.9. The van der Waals surface area contributed by atoms with Crippen LogP contribution in [0.1, 0.15) is 6.42 Å². The second kappa shape index (κ2) is 7.50. The van der Waals surface area contributed by atoms with Crippen LogP contribution >= 0.6 is 23.2 Å². The Morgan fingerprint density at radius 1 is 1.22 bits per heavy atom. The molecule has 2 amide bonds. The third-order valence-corrected chi connectivity index (χ3v) is 4.50. The molecule has 1 fully saturated rings. The molecule has 1 unspecified atom stereocenters. The molecule has 1 aliphatic rings. The predicted octanol–water partition coefficient (Wildman–Crippen LogP) is 4.03. The maximum atomic E-state index is 13.5. The van der Waals surface area contributed by atoms with Gasteiger partial charge in [-0.3, -0.25) is 19.7 Å². The zero-order chi connectivity index (χ0) is 19.7. The number of nitro benzene ring substituents is 1. The van der Waals surface area contributed by atoms with Gasteiger partial charge in [-0.2, -0.15) is 4.39 Å². The first kappa shape index (κ1) is 19.1. The second-order valence-electron chi connectivity index (χ2n) is 5.95. The van der Waals surface area contributed by atoms with E-state index in [0.29, 0.717) is 15.7 Å². The van der Waals surface area contributed by atoms with Gasteiger partial charge in [-0.1, -0.05) is 23.2 Å². The number of nitrogens with one attached hydrogen (secondary N) is 1. The average Bonchev–Trinajstić information content (AvgIpc) is 2.96. The van der Waals surface area contributed by atoms with Gasteiger partial charge < -0.3 is 10.2 Å². The second-order valence-corrected chi connectivity index (χ2v) is 6.82. The van der Waals surface area contributed by atoms with Crippen LogP contribution in [0.25, 0.3) is 0 Å². The van der Waals surface area contributed by atoms with Crippen LogP contribution in [-0.2, 0) is 9.59 Å². The number of anilines is 2. The summed E-state index contributed by atoms with van der Waals surface area (Å²) >= 11 is 11.8. The van der Waals surface area contributed by atoms with Gasteiger partial charge in [0.25, 0.3) is 0 Å². The van der Waals surface area contributed by atoms with Gasteiger partial charge >= 0.3 is 5.69 Å². The number of hydrogen-bond donors (Lipinski definition) is 1. The zero-order valence-corrected chi connectivity index (χ0v) is 15.1. The van der Waals surface area contributed by atoms with Crippen molar-refractivity contribution in [2.24, 2.45) is 5.92 Å². The van der Waals surface area contributed by atoms with Crippen molar-refractivity contribution in [3.63, 3.8) is 0 Å². The highest BCUT2D eigenvalue weighted by atomic mass is 35.5. The lowest BCUT2D eigenvalue weighted by molar-refractivity contribution is -0.387. The number of hydrogen-bond acceptors (Lipinski definition) is 4. The topological polar surface area (TPSA) is 92.6 Å². The molecule has 2 aromatic carbocycles. The van der Waals surface area contributed by atoms with Gasteiger partial charge in [-0.15, -0.1) is 0 Å². The Labute approximate surface area is 162 Å². The Kier molecular flexibility index (Phi) is 5.29. The summed E-state index contributed by atoms with van der Waals surface area (Å²) in [7, 11) is 0. The van der Waals surface area contributed by atoms with Crippen LogP contribution in [0.3, 0.4) is 0 Å². The first-order valence-corrected chi connectivity index (χ1v) is 8.51. The maximum absolute atomic E-state index is 13.5. The van der Waals surface area contributed by atoms with E-state index in [2.05, 4.69) is 5.32 Å². The fourth-order valence-corrected chi connectivity index (χ4v) is 3.34. The molecule has 1 atom stereocenters. The van der Waals surface area contributed by atoms with E-state index >= 15 is 0 Å². The molecule has 10 heteroatoms. The van der Waals surface area contributed by atoms with Gasteiger partial charge in [0.15, 0.2) is 0 Å². The minimum atomic E-state index is -0.998. The molecule has 1 heterocycles. The molecule has 0 saturated carbocycles. The minimum Gasteiger partial charge on any atom is -0.326 e. The molecule has 0 radical (unpaired) electrons. The van der Waals surface area contributed by atoms with Crippen LogP contribution in [0.15, 0.2) is 36.4 Å². The standard InChI is InChI=1S/C17H12Cl2FN3O4/c18-10-4-11(19)6-12(5-10)21-17(25)9-3-16(24)22(8-9)13-1-2-14(20)15(7-13)23(26)27/h1-2,4-7,9H,3,8H2,(H,21,25). The number of nitro groups is 1. The van der Waals surface area contributed by atoms with Crippen LogP contribution < -0.4 is 10.2 Å². The monoisotopic (exact) mass is 411 g/mol. The highest BCUT2D eigenvalue weighted by Crippen LogP contribution is 2.30. The largest absolute Gasteiger partial charge is 0.326 e. The Balaban J connectivity index is 1.76. The van der Waals surface area contributed by atoms with Crippen LogP contribution in [0, 0.1) is 21.8 Å². The van der Waals surface area contributed by atoms with E-state index in [-0.39, 0.29) is 24.6 Å². The summed E-state index contributed by atoms with van der Waals surface area (Å²) in [5.74, 6) is -2.48. The molecule has 3 rings (SSSR count). The molecule has 1 saturated heterocycles. The third kappa shape index (κ3) is 4.17. The van der Waals surface area contributed by atoms with Crippen molar-refractivity contribution in [3.8, 4) is 0 Å². The normalized spacial score (nSPS) is 16.5. The van der Waals surface area contributed by atoms with Crippen molar-refractivity contribution in [2.75, 3.05) is 16.8 Å². The molecule has 140 valence electrons. The minimum absolute atomic E-state index is 0.0156. The number of nitrogens with zero attached hydrogens (tertiary/aromatic N) is 2. The van der Waals surface area contributed by atoms with E-state index < -0.39 is 28.3 Å². The fraction of sp³-hybridized carbons (Fsp3) is 0.176. The molecule has 1 aliphatic heterocycles. The lowest BCUT2D eigenvalue weighted by atomic mass is 10.1. The molecular weight excluding hydrogens is 400 g/mol. The zero-order valence-electron chi connectivity index (χ0n) is 13.6. The summed E-state index contributed by atoms with van der Waals surface area (Å²) in [6, 6.07) is 7.71. The number of carbonyl (C=O) groups is 2. The van der Waals surface area contributed by atoms with Crippen molar-refractivity contribution in [3.05, 3.63) is 62.4 Å².